The van der Waals surface area contributed by atoms with Gasteiger partial charge in [-0.05, 0) is 55.0 Å². The number of hydrogen-bond donors (Lipinski definition) is 1. The van der Waals surface area contributed by atoms with Crippen molar-refractivity contribution in [2.45, 2.75) is 32.4 Å². The van der Waals surface area contributed by atoms with E-state index in [1.807, 2.05) is 42.8 Å². The van der Waals surface area contributed by atoms with Gasteiger partial charge in [0, 0.05) is 60.3 Å². The van der Waals surface area contributed by atoms with E-state index in [9.17, 15) is 4.79 Å². The van der Waals surface area contributed by atoms with Crippen LogP contribution in [0, 0.1) is 5.92 Å². The third-order valence-electron chi connectivity index (χ3n) is 6.66. The maximum atomic E-state index is 13.0. The molecule has 0 unspecified atom stereocenters. The molecule has 4 heterocycles. The standard InChI is InChI=1S/C24H22ClN5O/c1-13(14-3-4-14)30-12-17-5-15(7-21(25)22(17)24(30)31)16-6-19-20(10-27-23(19)26-8-16)18-9-28-29(2)11-18/h5-11,13-14H,3-4,12H2,1-2H3,(H,26,27)/t13-/m0/s1. The minimum atomic E-state index is 0.0593. The Labute approximate surface area is 184 Å². The van der Waals surface area contributed by atoms with E-state index < -0.39 is 0 Å². The normalized spacial score (nSPS) is 16.9. The molecule has 1 N–H and O–H groups in total. The number of nitrogens with zero attached hydrogens (tertiary/aromatic N) is 4. The molecular formula is C24H22ClN5O. The fourth-order valence-corrected chi connectivity index (χ4v) is 5.04. The van der Waals surface area contributed by atoms with Crippen LogP contribution in [0.1, 0.15) is 35.7 Å². The molecule has 1 fully saturated rings. The van der Waals surface area contributed by atoms with Crippen molar-refractivity contribution in [3.8, 4) is 22.3 Å². The monoisotopic (exact) mass is 431 g/mol. The van der Waals surface area contributed by atoms with Gasteiger partial charge in [0.25, 0.3) is 5.91 Å². The molecule has 6 rings (SSSR count). The molecule has 0 saturated heterocycles. The van der Waals surface area contributed by atoms with Gasteiger partial charge in [-0.3, -0.25) is 9.48 Å². The smallest absolute Gasteiger partial charge is 0.256 e. The van der Waals surface area contributed by atoms with Gasteiger partial charge in [0.1, 0.15) is 5.65 Å². The summed E-state index contributed by atoms with van der Waals surface area (Å²) < 4.78 is 1.79. The molecule has 4 aromatic rings. The van der Waals surface area contributed by atoms with Gasteiger partial charge in [-0.2, -0.15) is 5.10 Å². The number of amides is 1. The number of pyridine rings is 1. The molecule has 3 aromatic heterocycles. The first-order chi connectivity index (χ1) is 15.0. The Morgan fingerprint density at radius 1 is 1.16 bits per heavy atom. The maximum absolute atomic E-state index is 13.0. The van der Waals surface area contributed by atoms with Gasteiger partial charge < -0.3 is 9.88 Å². The van der Waals surface area contributed by atoms with Gasteiger partial charge in [0.2, 0.25) is 0 Å². The van der Waals surface area contributed by atoms with Crippen molar-refractivity contribution in [2.24, 2.45) is 13.0 Å². The van der Waals surface area contributed by atoms with Crippen LogP contribution in [0.3, 0.4) is 0 Å². The molecule has 1 atom stereocenters. The number of nitrogens with one attached hydrogen (secondary N) is 1. The third-order valence-corrected chi connectivity index (χ3v) is 6.96. The SMILES string of the molecule is C[C@@H](C1CC1)N1Cc2cc(-c3cnc4[nH]cc(-c5cnn(C)c5)c4c3)cc(Cl)c2C1=O. The van der Waals surface area contributed by atoms with E-state index in [0.717, 1.165) is 38.9 Å². The number of rotatable bonds is 4. The van der Waals surface area contributed by atoms with E-state index in [-0.39, 0.29) is 11.9 Å². The fourth-order valence-electron chi connectivity index (χ4n) is 4.72. The van der Waals surface area contributed by atoms with E-state index >= 15 is 0 Å². The number of carbonyl (C=O) groups is 1. The zero-order valence-corrected chi connectivity index (χ0v) is 18.1. The molecule has 2 aliphatic rings. The van der Waals surface area contributed by atoms with Crippen molar-refractivity contribution >= 4 is 28.5 Å². The zero-order valence-electron chi connectivity index (χ0n) is 17.4. The summed E-state index contributed by atoms with van der Waals surface area (Å²) in [5.74, 6) is 0.687. The minimum absolute atomic E-state index is 0.0593. The maximum Gasteiger partial charge on any atom is 0.256 e. The summed E-state index contributed by atoms with van der Waals surface area (Å²) in [5, 5.41) is 5.83. The molecule has 1 saturated carbocycles. The molecular weight excluding hydrogens is 410 g/mol. The summed E-state index contributed by atoms with van der Waals surface area (Å²) >= 11 is 6.63. The van der Waals surface area contributed by atoms with Crippen LogP contribution in [-0.2, 0) is 13.6 Å². The minimum Gasteiger partial charge on any atom is -0.346 e. The quantitative estimate of drug-likeness (QED) is 0.492. The number of aromatic amines is 1. The van der Waals surface area contributed by atoms with E-state index in [0.29, 0.717) is 23.0 Å². The fraction of sp³-hybridized carbons (Fsp3) is 0.292. The Hall–Kier alpha value is -3.12. The van der Waals surface area contributed by atoms with Crippen LogP contribution in [-0.4, -0.2) is 36.6 Å². The Kier molecular flexibility index (Phi) is 4.02. The number of benzene rings is 1. The lowest BCUT2D eigenvalue weighted by molar-refractivity contribution is 0.0697. The molecule has 31 heavy (non-hydrogen) atoms. The molecule has 156 valence electrons. The van der Waals surface area contributed by atoms with Crippen molar-refractivity contribution < 1.29 is 4.79 Å². The summed E-state index contributed by atoms with van der Waals surface area (Å²) in [6.07, 6.45) is 10.1. The molecule has 6 nitrogen and oxygen atoms in total. The highest BCUT2D eigenvalue weighted by molar-refractivity contribution is 6.34. The Balaban J connectivity index is 1.41. The molecule has 1 amide bonds. The van der Waals surface area contributed by atoms with Gasteiger partial charge in [0.15, 0.2) is 0 Å². The van der Waals surface area contributed by atoms with Crippen LogP contribution in [0.2, 0.25) is 5.02 Å². The summed E-state index contributed by atoms with van der Waals surface area (Å²) in [5.41, 5.74) is 6.54. The van der Waals surface area contributed by atoms with E-state index in [1.54, 1.807) is 4.68 Å². The molecule has 0 spiro atoms. The van der Waals surface area contributed by atoms with E-state index in [1.165, 1.54) is 12.8 Å². The van der Waals surface area contributed by atoms with Crippen LogP contribution in [0.5, 0.6) is 0 Å². The summed E-state index contributed by atoms with van der Waals surface area (Å²) in [6, 6.07) is 6.38. The van der Waals surface area contributed by atoms with Crippen molar-refractivity contribution in [1.82, 2.24) is 24.6 Å². The average molecular weight is 432 g/mol. The second kappa shape index (κ2) is 6.69. The van der Waals surface area contributed by atoms with Gasteiger partial charge in [-0.1, -0.05) is 11.6 Å². The van der Waals surface area contributed by atoms with Crippen LogP contribution < -0.4 is 0 Å². The van der Waals surface area contributed by atoms with Crippen LogP contribution >= 0.6 is 11.6 Å². The zero-order chi connectivity index (χ0) is 21.3. The summed E-state index contributed by atoms with van der Waals surface area (Å²) in [7, 11) is 1.91. The Morgan fingerprint density at radius 2 is 2.00 bits per heavy atom. The predicted molar refractivity (Wildman–Crippen MR) is 121 cm³/mol. The van der Waals surface area contributed by atoms with E-state index in [2.05, 4.69) is 34.1 Å². The highest BCUT2D eigenvalue weighted by Gasteiger charge is 2.39. The Morgan fingerprint density at radius 3 is 2.74 bits per heavy atom. The van der Waals surface area contributed by atoms with Crippen molar-refractivity contribution in [2.75, 3.05) is 0 Å². The first kappa shape index (κ1) is 18.6. The average Bonchev–Trinajstić information content (AvgIpc) is 3.24. The summed E-state index contributed by atoms with van der Waals surface area (Å²) in [6.45, 7) is 2.78. The number of aromatic nitrogens is 4. The highest BCUT2D eigenvalue weighted by atomic mass is 35.5. The number of carbonyl (C=O) groups excluding carboxylic acids is 1. The van der Waals surface area contributed by atoms with Crippen molar-refractivity contribution in [3.63, 3.8) is 0 Å². The van der Waals surface area contributed by atoms with Crippen molar-refractivity contribution in [3.05, 3.63) is 59.1 Å². The molecule has 7 heteroatoms. The number of halogens is 1. The van der Waals surface area contributed by atoms with Crippen LogP contribution in [0.25, 0.3) is 33.3 Å². The molecule has 0 radical (unpaired) electrons. The first-order valence-corrected chi connectivity index (χ1v) is 11.0. The summed E-state index contributed by atoms with van der Waals surface area (Å²) in [4.78, 5) is 22.8. The lowest BCUT2D eigenvalue weighted by Gasteiger charge is -2.23. The topological polar surface area (TPSA) is 66.8 Å². The molecule has 1 aromatic carbocycles. The number of H-pyrrole nitrogens is 1. The second-order valence-corrected chi connectivity index (χ2v) is 9.14. The lowest BCUT2D eigenvalue weighted by Crippen LogP contribution is -2.34. The molecule has 1 aliphatic heterocycles. The highest BCUT2D eigenvalue weighted by Crippen LogP contribution is 2.41. The Bertz CT molecular complexity index is 1350. The largest absolute Gasteiger partial charge is 0.346 e. The van der Waals surface area contributed by atoms with Crippen molar-refractivity contribution in [1.29, 1.82) is 0 Å². The van der Waals surface area contributed by atoms with Gasteiger partial charge in [-0.15, -0.1) is 0 Å². The van der Waals surface area contributed by atoms with Gasteiger partial charge in [-0.25, -0.2) is 4.98 Å². The third kappa shape index (κ3) is 2.97. The first-order valence-electron chi connectivity index (χ1n) is 10.6. The number of fused-ring (bicyclic) bond motifs is 2. The second-order valence-electron chi connectivity index (χ2n) is 8.73. The number of hydrogen-bond acceptors (Lipinski definition) is 3. The molecule has 0 bridgehead atoms. The number of aryl methyl sites for hydroxylation is 1. The predicted octanol–water partition coefficient (Wildman–Crippen LogP) is 5.04. The van der Waals surface area contributed by atoms with Gasteiger partial charge >= 0.3 is 0 Å². The molecule has 1 aliphatic carbocycles. The van der Waals surface area contributed by atoms with E-state index in [4.69, 9.17) is 11.6 Å². The lowest BCUT2D eigenvalue weighted by atomic mass is 10.00. The van der Waals surface area contributed by atoms with Crippen LogP contribution in [0.4, 0.5) is 0 Å². The van der Waals surface area contributed by atoms with Gasteiger partial charge in [0.05, 0.1) is 16.8 Å². The van der Waals surface area contributed by atoms with Crippen LogP contribution in [0.15, 0.2) is 43.0 Å².